The Morgan fingerprint density at radius 1 is 1.26 bits per heavy atom. The second kappa shape index (κ2) is 6.64. The quantitative estimate of drug-likeness (QED) is 0.621. The highest BCUT2D eigenvalue weighted by Gasteiger charge is 2.38. The molecule has 1 saturated heterocycles. The van der Waals surface area contributed by atoms with Gasteiger partial charge in [0, 0.05) is 12.6 Å². The highest BCUT2D eigenvalue weighted by atomic mass is 19.1. The molecule has 124 valence electrons. The zero-order chi connectivity index (χ0) is 16.4. The lowest BCUT2D eigenvalue weighted by molar-refractivity contribution is -0.138. The van der Waals surface area contributed by atoms with Gasteiger partial charge < -0.3 is 10.4 Å². The number of halogens is 1. The number of carboxylic acid groups (broad SMARTS) is 1. The molecular weight excluding hydrogens is 301 g/mol. The SMILES string of the molecule is O=C(NCC(C(=O)O)c1ccc(F)cc1)C1CC(C2CC2)NN1. The fourth-order valence-corrected chi connectivity index (χ4v) is 2.93. The molecule has 0 aromatic heterocycles. The summed E-state index contributed by atoms with van der Waals surface area (Å²) in [6.07, 6.45) is 3.10. The minimum atomic E-state index is -1.05. The van der Waals surface area contributed by atoms with Crippen LogP contribution >= 0.6 is 0 Å². The van der Waals surface area contributed by atoms with Crippen molar-refractivity contribution in [3.8, 4) is 0 Å². The van der Waals surface area contributed by atoms with Crippen molar-refractivity contribution in [2.45, 2.75) is 37.3 Å². The third kappa shape index (κ3) is 3.86. The maximum atomic E-state index is 12.9. The van der Waals surface area contributed by atoms with E-state index in [2.05, 4.69) is 16.2 Å². The number of carbonyl (C=O) groups is 2. The molecule has 3 rings (SSSR count). The van der Waals surface area contributed by atoms with Crippen molar-refractivity contribution in [3.05, 3.63) is 35.6 Å². The van der Waals surface area contributed by atoms with Crippen LogP contribution in [0.15, 0.2) is 24.3 Å². The van der Waals surface area contributed by atoms with Crippen LogP contribution in [0.4, 0.5) is 4.39 Å². The van der Waals surface area contributed by atoms with E-state index in [1.165, 1.54) is 37.1 Å². The molecule has 1 aliphatic carbocycles. The lowest BCUT2D eigenvalue weighted by Gasteiger charge is -2.16. The molecule has 6 nitrogen and oxygen atoms in total. The maximum absolute atomic E-state index is 12.9. The molecule has 23 heavy (non-hydrogen) atoms. The Bertz CT molecular complexity index is 589. The van der Waals surface area contributed by atoms with Crippen molar-refractivity contribution >= 4 is 11.9 Å². The van der Waals surface area contributed by atoms with Gasteiger partial charge in [0.1, 0.15) is 11.9 Å². The number of rotatable bonds is 6. The van der Waals surface area contributed by atoms with E-state index in [0.717, 1.165) is 0 Å². The zero-order valence-corrected chi connectivity index (χ0v) is 12.6. The van der Waals surface area contributed by atoms with E-state index in [-0.39, 0.29) is 18.5 Å². The van der Waals surface area contributed by atoms with Crippen LogP contribution in [0.2, 0.25) is 0 Å². The molecular formula is C16H20FN3O3. The smallest absolute Gasteiger partial charge is 0.312 e. The summed E-state index contributed by atoms with van der Waals surface area (Å²) < 4.78 is 12.9. The summed E-state index contributed by atoms with van der Waals surface area (Å²) in [6.45, 7) is -0.0218. The van der Waals surface area contributed by atoms with Crippen molar-refractivity contribution in [2.24, 2.45) is 5.92 Å². The monoisotopic (exact) mass is 321 g/mol. The highest BCUT2D eigenvalue weighted by Crippen LogP contribution is 2.35. The minimum Gasteiger partial charge on any atom is -0.481 e. The number of hydrogen-bond acceptors (Lipinski definition) is 4. The van der Waals surface area contributed by atoms with Crippen molar-refractivity contribution in [2.75, 3.05) is 6.54 Å². The van der Waals surface area contributed by atoms with Crippen LogP contribution < -0.4 is 16.2 Å². The molecule has 2 fully saturated rings. The van der Waals surface area contributed by atoms with Crippen molar-refractivity contribution in [1.82, 2.24) is 16.2 Å². The Labute approximate surface area is 133 Å². The number of carbonyl (C=O) groups excluding carboxylic acids is 1. The van der Waals surface area contributed by atoms with Gasteiger partial charge in [-0.3, -0.25) is 15.0 Å². The van der Waals surface area contributed by atoms with Gasteiger partial charge >= 0.3 is 5.97 Å². The molecule has 3 atom stereocenters. The second-order valence-electron chi connectivity index (χ2n) is 6.21. The molecule has 0 radical (unpaired) electrons. The van der Waals surface area contributed by atoms with E-state index in [1.807, 2.05) is 0 Å². The summed E-state index contributed by atoms with van der Waals surface area (Å²) in [4.78, 5) is 23.6. The normalized spacial score (nSPS) is 25.1. The number of benzene rings is 1. The molecule has 0 bridgehead atoms. The first-order valence-electron chi connectivity index (χ1n) is 7.81. The Morgan fingerprint density at radius 3 is 2.57 bits per heavy atom. The van der Waals surface area contributed by atoms with Gasteiger partial charge in [-0.15, -0.1) is 0 Å². The van der Waals surface area contributed by atoms with E-state index >= 15 is 0 Å². The standard InChI is InChI=1S/C16H20FN3O3/c17-11-5-3-9(4-6-11)12(16(22)23)8-18-15(21)14-7-13(19-20-14)10-1-2-10/h3-6,10,12-14,19-20H,1-2,7-8H2,(H,18,21)(H,22,23). The lowest BCUT2D eigenvalue weighted by atomic mass is 9.99. The average Bonchev–Trinajstić information content (AvgIpc) is 3.26. The fraction of sp³-hybridized carbons (Fsp3) is 0.500. The third-order valence-electron chi connectivity index (χ3n) is 4.49. The molecule has 1 aromatic carbocycles. The number of carboxylic acids is 1. The number of nitrogens with one attached hydrogen (secondary N) is 3. The molecule has 1 saturated carbocycles. The third-order valence-corrected chi connectivity index (χ3v) is 4.49. The minimum absolute atomic E-state index is 0.0218. The Morgan fingerprint density at radius 2 is 1.96 bits per heavy atom. The van der Waals surface area contributed by atoms with E-state index in [0.29, 0.717) is 23.9 Å². The van der Waals surface area contributed by atoms with Crippen LogP contribution in [-0.4, -0.2) is 35.6 Å². The Balaban J connectivity index is 1.55. The summed E-state index contributed by atoms with van der Waals surface area (Å²) >= 11 is 0. The van der Waals surface area contributed by atoms with Crippen molar-refractivity contribution in [3.63, 3.8) is 0 Å². The van der Waals surface area contributed by atoms with Gasteiger partial charge in [0.25, 0.3) is 0 Å². The molecule has 7 heteroatoms. The summed E-state index contributed by atoms with van der Waals surface area (Å²) in [7, 11) is 0. The van der Waals surface area contributed by atoms with Gasteiger partial charge in [-0.2, -0.15) is 0 Å². The van der Waals surface area contributed by atoms with Crippen molar-refractivity contribution in [1.29, 1.82) is 0 Å². The van der Waals surface area contributed by atoms with Gasteiger partial charge in [0.2, 0.25) is 5.91 Å². The lowest BCUT2D eigenvalue weighted by Crippen LogP contribution is -2.45. The van der Waals surface area contributed by atoms with Gasteiger partial charge in [-0.25, -0.2) is 9.82 Å². The summed E-state index contributed by atoms with van der Waals surface area (Å²) in [5.41, 5.74) is 6.56. The van der Waals surface area contributed by atoms with Crippen LogP contribution in [0.25, 0.3) is 0 Å². The van der Waals surface area contributed by atoms with Crippen LogP contribution in [0.1, 0.15) is 30.7 Å². The topological polar surface area (TPSA) is 90.5 Å². The van der Waals surface area contributed by atoms with E-state index in [1.54, 1.807) is 0 Å². The maximum Gasteiger partial charge on any atom is 0.312 e. The van der Waals surface area contributed by atoms with Gasteiger partial charge in [0.05, 0.1) is 5.92 Å². The molecule has 3 unspecified atom stereocenters. The molecule has 1 aliphatic heterocycles. The van der Waals surface area contributed by atoms with Gasteiger partial charge in [-0.05, 0) is 42.9 Å². The molecule has 4 N–H and O–H groups in total. The van der Waals surface area contributed by atoms with Crippen LogP contribution in [0.3, 0.4) is 0 Å². The highest BCUT2D eigenvalue weighted by molar-refractivity contribution is 5.83. The number of hydrogen-bond donors (Lipinski definition) is 4. The predicted octanol–water partition coefficient (Wildman–Crippen LogP) is 0.755. The molecule has 1 amide bonds. The number of amides is 1. The first-order chi connectivity index (χ1) is 11.0. The van der Waals surface area contributed by atoms with E-state index in [4.69, 9.17) is 0 Å². The first kappa shape index (κ1) is 15.9. The summed E-state index contributed by atoms with van der Waals surface area (Å²) in [6, 6.07) is 5.27. The molecule has 2 aliphatic rings. The van der Waals surface area contributed by atoms with Crippen LogP contribution in [0, 0.1) is 11.7 Å². The van der Waals surface area contributed by atoms with E-state index in [9.17, 15) is 19.1 Å². The molecule has 1 heterocycles. The largest absolute Gasteiger partial charge is 0.481 e. The summed E-state index contributed by atoms with van der Waals surface area (Å²) in [5, 5.41) is 12.0. The Hall–Kier alpha value is -1.99. The number of aliphatic carboxylic acids is 1. The van der Waals surface area contributed by atoms with E-state index < -0.39 is 17.7 Å². The van der Waals surface area contributed by atoms with Gasteiger partial charge in [0.15, 0.2) is 0 Å². The van der Waals surface area contributed by atoms with Gasteiger partial charge in [-0.1, -0.05) is 12.1 Å². The van der Waals surface area contributed by atoms with Crippen LogP contribution in [-0.2, 0) is 9.59 Å². The molecule has 1 aromatic rings. The summed E-state index contributed by atoms with van der Waals surface area (Å²) in [5.74, 6) is -1.94. The average molecular weight is 321 g/mol. The number of hydrazine groups is 1. The first-order valence-corrected chi connectivity index (χ1v) is 7.81. The Kier molecular flexibility index (Phi) is 4.58. The predicted molar refractivity (Wildman–Crippen MR) is 81.0 cm³/mol. The second-order valence-corrected chi connectivity index (χ2v) is 6.21. The van der Waals surface area contributed by atoms with Crippen molar-refractivity contribution < 1.29 is 19.1 Å². The zero-order valence-electron chi connectivity index (χ0n) is 12.6. The molecule has 0 spiro atoms. The fourth-order valence-electron chi connectivity index (χ4n) is 2.93. The van der Waals surface area contributed by atoms with Crippen LogP contribution in [0.5, 0.6) is 0 Å².